The van der Waals surface area contributed by atoms with Gasteiger partial charge in [0.05, 0.1) is 6.10 Å². The lowest BCUT2D eigenvalue weighted by Gasteiger charge is -2.18. The van der Waals surface area contributed by atoms with Crippen LogP contribution in [0.2, 0.25) is 0 Å². The Kier molecular flexibility index (Phi) is 3.78. The highest BCUT2D eigenvalue weighted by Gasteiger charge is 2.22. The average Bonchev–Trinajstić information content (AvgIpc) is 2.76. The predicted octanol–water partition coefficient (Wildman–Crippen LogP) is 1.04. The van der Waals surface area contributed by atoms with Gasteiger partial charge in [0.15, 0.2) is 0 Å². The van der Waals surface area contributed by atoms with E-state index < -0.39 is 0 Å². The van der Waals surface area contributed by atoms with Gasteiger partial charge in [0.1, 0.15) is 17.5 Å². The van der Waals surface area contributed by atoms with Crippen LogP contribution in [0.25, 0.3) is 0 Å². The fraction of sp³-hybridized carbons (Fsp3) is 0.667. The van der Waals surface area contributed by atoms with Gasteiger partial charge >= 0.3 is 0 Å². The zero-order valence-corrected chi connectivity index (χ0v) is 10.5. The molecule has 1 atom stereocenters. The summed E-state index contributed by atoms with van der Waals surface area (Å²) in [6.07, 6.45) is 2.52. The SMILES string of the molecule is CCCc1nc(NC)cc(N2CCC(O)C2)n1. The van der Waals surface area contributed by atoms with Crippen LogP contribution in [-0.4, -0.2) is 41.3 Å². The number of nitrogens with one attached hydrogen (secondary N) is 1. The second-order valence-corrected chi connectivity index (χ2v) is 4.42. The molecule has 1 fully saturated rings. The van der Waals surface area contributed by atoms with Crippen molar-refractivity contribution in [1.82, 2.24) is 9.97 Å². The molecule has 5 nitrogen and oxygen atoms in total. The van der Waals surface area contributed by atoms with Gasteiger partial charge in [-0.1, -0.05) is 6.92 Å². The molecule has 1 aromatic heterocycles. The molecule has 1 aromatic rings. The second-order valence-electron chi connectivity index (χ2n) is 4.42. The predicted molar refractivity (Wildman–Crippen MR) is 68.4 cm³/mol. The van der Waals surface area contributed by atoms with E-state index in [0.29, 0.717) is 6.54 Å². The molecule has 5 heteroatoms. The maximum atomic E-state index is 9.56. The molecule has 94 valence electrons. The standard InChI is InChI=1S/C12H20N4O/c1-3-4-10-14-11(13-2)7-12(15-10)16-6-5-9(17)8-16/h7,9,17H,3-6,8H2,1-2H3,(H,13,14,15). The molecule has 1 aliphatic heterocycles. The summed E-state index contributed by atoms with van der Waals surface area (Å²) >= 11 is 0. The number of rotatable bonds is 4. The Balaban J connectivity index is 2.23. The fourth-order valence-electron chi connectivity index (χ4n) is 2.06. The van der Waals surface area contributed by atoms with Crippen LogP contribution in [0.1, 0.15) is 25.6 Å². The molecule has 2 heterocycles. The van der Waals surface area contributed by atoms with E-state index in [2.05, 4.69) is 27.1 Å². The van der Waals surface area contributed by atoms with Crippen molar-refractivity contribution < 1.29 is 5.11 Å². The minimum atomic E-state index is -0.224. The summed E-state index contributed by atoms with van der Waals surface area (Å²) in [7, 11) is 1.86. The van der Waals surface area contributed by atoms with Crippen LogP contribution >= 0.6 is 0 Å². The Hall–Kier alpha value is -1.36. The van der Waals surface area contributed by atoms with Gasteiger partial charge in [-0.05, 0) is 12.8 Å². The van der Waals surface area contributed by atoms with Crippen molar-refractivity contribution >= 4 is 11.6 Å². The molecule has 0 bridgehead atoms. The number of β-amino-alcohol motifs (C(OH)–C–C–N with tert-alkyl or cyclic N) is 1. The van der Waals surface area contributed by atoms with Crippen LogP contribution in [0.5, 0.6) is 0 Å². The Morgan fingerprint density at radius 1 is 1.53 bits per heavy atom. The van der Waals surface area contributed by atoms with E-state index in [1.54, 1.807) is 0 Å². The Labute approximate surface area is 102 Å². The van der Waals surface area contributed by atoms with Crippen molar-refractivity contribution in [2.75, 3.05) is 30.4 Å². The maximum absolute atomic E-state index is 9.56. The molecular formula is C12H20N4O. The quantitative estimate of drug-likeness (QED) is 0.818. The van der Waals surface area contributed by atoms with E-state index in [4.69, 9.17) is 0 Å². The summed E-state index contributed by atoms with van der Waals surface area (Å²) in [4.78, 5) is 11.1. The van der Waals surface area contributed by atoms with Crippen molar-refractivity contribution in [3.05, 3.63) is 11.9 Å². The van der Waals surface area contributed by atoms with E-state index in [1.807, 2.05) is 13.1 Å². The minimum absolute atomic E-state index is 0.224. The van der Waals surface area contributed by atoms with E-state index in [-0.39, 0.29) is 6.10 Å². The number of aryl methyl sites for hydroxylation is 1. The molecule has 0 radical (unpaired) electrons. The van der Waals surface area contributed by atoms with Gasteiger partial charge < -0.3 is 15.3 Å². The van der Waals surface area contributed by atoms with Gasteiger partial charge in [-0.2, -0.15) is 0 Å². The average molecular weight is 236 g/mol. The van der Waals surface area contributed by atoms with E-state index in [1.165, 1.54) is 0 Å². The van der Waals surface area contributed by atoms with Gasteiger partial charge in [0.25, 0.3) is 0 Å². The molecule has 17 heavy (non-hydrogen) atoms. The smallest absolute Gasteiger partial charge is 0.134 e. The highest BCUT2D eigenvalue weighted by molar-refractivity contribution is 5.50. The molecule has 2 rings (SSSR count). The number of aliphatic hydroxyl groups excluding tert-OH is 1. The zero-order chi connectivity index (χ0) is 12.3. The van der Waals surface area contributed by atoms with Crippen LogP contribution in [0.15, 0.2) is 6.07 Å². The lowest BCUT2D eigenvalue weighted by molar-refractivity contribution is 0.198. The van der Waals surface area contributed by atoms with Gasteiger partial charge in [0, 0.05) is 32.6 Å². The molecule has 0 aliphatic carbocycles. The summed E-state index contributed by atoms with van der Waals surface area (Å²) in [5.41, 5.74) is 0. The summed E-state index contributed by atoms with van der Waals surface area (Å²) in [6.45, 7) is 3.66. The van der Waals surface area contributed by atoms with E-state index >= 15 is 0 Å². The van der Waals surface area contributed by atoms with Crippen molar-refractivity contribution in [1.29, 1.82) is 0 Å². The first-order chi connectivity index (χ1) is 8.22. The fourth-order valence-corrected chi connectivity index (χ4v) is 2.06. The molecule has 0 spiro atoms. The number of aliphatic hydroxyl groups is 1. The first-order valence-corrected chi connectivity index (χ1v) is 6.21. The Bertz CT molecular complexity index is 383. The van der Waals surface area contributed by atoms with Gasteiger partial charge in [0.2, 0.25) is 0 Å². The minimum Gasteiger partial charge on any atom is -0.391 e. The lowest BCUT2D eigenvalue weighted by Crippen LogP contribution is -2.23. The summed E-state index contributed by atoms with van der Waals surface area (Å²) in [5, 5.41) is 12.6. The van der Waals surface area contributed by atoms with E-state index in [0.717, 1.165) is 43.3 Å². The van der Waals surface area contributed by atoms with Crippen LogP contribution in [0.4, 0.5) is 11.6 Å². The first kappa shape index (κ1) is 12.1. The molecule has 0 aromatic carbocycles. The summed E-state index contributed by atoms with van der Waals surface area (Å²) < 4.78 is 0. The van der Waals surface area contributed by atoms with Crippen molar-refractivity contribution in [3.63, 3.8) is 0 Å². The third-order valence-corrected chi connectivity index (χ3v) is 2.98. The Morgan fingerprint density at radius 2 is 2.35 bits per heavy atom. The summed E-state index contributed by atoms with van der Waals surface area (Å²) in [5.74, 6) is 2.64. The number of aromatic nitrogens is 2. The second kappa shape index (κ2) is 5.31. The van der Waals surface area contributed by atoms with Gasteiger partial charge in [-0.25, -0.2) is 9.97 Å². The molecule has 1 unspecified atom stereocenters. The monoisotopic (exact) mass is 236 g/mol. The lowest BCUT2D eigenvalue weighted by atomic mass is 10.3. The van der Waals surface area contributed by atoms with Crippen molar-refractivity contribution in [2.45, 2.75) is 32.3 Å². The van der Waals surface area contributed by atoms with Crippen molar-refractivity contribution in [3.8, 4) is 0 Å². The number of anilines is 2. The maximum Gasteiger partial charge on any atom is 0.134 e. The Morgan fingerprint density at radius 3 is 2.94 bits per heavy atom. The summed E-state index contributed by atoms with van der Waals surface area (Å²) in [6, 6.07) is 1.94. The van der Waals surface area contributed by atoms with Crippen LogP contribution < -0.4 is 10.2 Å². The molecule has 1 aliphatic rings. The van der Waals surface area contributed by atoms with Crippen molar-refractivity contribution in [2.24, 2.45) is 0 Å². The molecule has 0 amide bonds. The first-order valence-electron chi connectivity index (χ1n) is 6.21. The molecular weight excluding hydrogens is 216 g/mol. The molecule has 2 N–H and O–H groups in total. The third-order valence-electron chi connectivity index (χ3n) is 2.98. The number of nitrogens with zero attached hydrogens (tertiary/aromatic N) is 3. The van der Waals surface area contributed by atoms with Crippen LogP contribution in [0, 0.1) is 0 Å². The van der Waals surface area contributed by atoms with Gasteiger partial charge in [-0.3, -0.25) is 0 Å². The normalized spacial score (nSPS) is 19.7. The largest absolute Gasteiger partial charge is 0.391 e. The molecule has 1 saturated heterocycles. The van der Waals surface area contributed by atoms with E-state index in [9.17, 15) is 5.11 Å². The van der Waals surface area contributed by atoms with Crippen LogP contribution in [-0.2, 0) is 6.42 Å². The highest BCUT2D eigenvalue weighted by atomic mass is 16.3. The third kappa shape index (κ3) is 2.85. The number of hydrogen-bond donors (Lipinski definition) is 2. The zero-order valence-electron chi connectivity index (χ0n) is 10.5. The topological polar surface area (TPSA) is 61.3 Å². The van der Waals surface area contributed by atoms with Gasteiger partial charge in [-0.15, -0.1) is 0 Å². The molecule has 0 saturated carbocycles. The highest BCUT2D eigenvalue weighted by Crippen LogP contribution is 2.21. The number of hydrogen-bond acceptors (Lipinski definition) is 5. The van der Waals surface area contributed by atoms with Crippen LogP contribution in [0.3, 0.4) is 0 Å².